The Bertz CT molecular complexity index is 602. The van der Waals surface area contributed by atoms with E-state index in [4.69, 9.17) is 15.3 Å². The lowest BCUT2D eigenvalue weighted by Gasteiger charge is -2.07. The fraction of sp³-hybridized carbons (Fsp3) is 0.467. The summed E-state index contributed by atoms with van der Waals surface area (Å²) in [4.78, 5) is 23.3. The van der Waals surface area contributed by atoms with Crippen LogP contribution in [0.15, 0.2) is 24.2 Å². The summed E-state index contributed by atoms with van der Waals surface area (Å²) in [6, 6.07) is -2.80. The van der Waals surface area contributed by atoms with Crippen molar-refractivity contribution >= 4 is 11.9 Å². The summed E-state index contributed by atoms with van der Waals surface area (Å²) in [7, 11) is 0. The molecule has 0 aliphatic heterocycles. The molecule has 4 nitrogen and oxygen atoms in total. The number of carbonyl (C=O) groups excluding carboxylic acids is 1. The molecule has 0 spiro atoms. The lowest BCUT2D eigenvalue weighted by Crippen LogP contribution is -2.12. The van der Waals surface area contributed by atoms with Crippen molar-refractivity contribution in [1.29, 1.82) is 0 Å². The van der Waals surface area contributed by atoms with Crippen molar-refractivity contribution in [1.82, 2.24) is 0 Å². The SMILES string of the molecule is [2H]c1c([2H])c([2H])c(C(=O)OCCCCCCC)c(C(=O)O)c1[2H]. The van der Waals surface area contributed by atoms with Gasteiger partial charge in [0.1, 0.15) is 0 Å². The van der Waals surface area contributed by atoms with E-state index >= 15 is 0 Å². The molecule has 0 heterocycles. The molecule has 0 unspecified atom stereocenters. The van der Waals surface area contributed by atoms with E-state index < -0.39 is 47.2 Å². The third-order valence-corrected chi connectivity index (χ3v) is 2.59. The highest BCUT2D eigenvalue weighted by Gasteiger charge is 2.16. The molecule has 0 radical (unpaired) electrons. The lowest BCUT2D eigenvalue weighted by atomic mass is 10.1. The van der Waals surface area contributed by atoms with Gasteiger partial charge in [-0.1, -0.05) is 44.7 Å². The molecule has 1 aromatic carbocycles. The minimum atomic E-state index is -1.59. The first-order chi connectivity index (χ1) is 10.8. The van der Waals surface area contributed by atoms with Crippen LogP contribution in [0.4, 0.5) is 0 Å². The Balaban J connectivity index is 2.94. The van der Waals surface area contributed by atoms with E-state index in [9.17, 15) is 9.59 Å². The standard InChI is InChI=1S/C15H20O4/c1-2-3-4-5-8-11-19-15(18)13-10-7-6-9-12(13)14(16)17/h6-7,9-10H,2-5,8,11H2,1H3,(H,16,17)/i6D,7D,9D,10D. The second-order valence-electron chi connectivity index (χ2n) is 4.11. The number of esters is 1. The van der Waals surface area contributed by atoms with Crippen LogP contribution in [-0.4, -0.2) is 23.7 Å². The van der Waals surface area contributed by atoms with E-state index in [1.165, 1.54) is 0 Å². The molecule has 1 rings (SSSR count). The van der Waals surface area contributed by atoms with Crippen LogP contribution in [0.2, 0.25) is 0 Å². The van der Waals surface area contributed by atoms with Crippen LogP contribution in [0.25, 0.3) is 0 Å². The van der Waals surface area contributed by atoms with Gasteiger partial charge >= 0.3 is 11.9 Å². The number of carboxylic acid groups (broad SMARTS) is 1. The molecule has 0 amide bonds. The van der Waals surface area contributed by atoms with Gasteiger partial charge in [0.25, 0.3) is 0 Å². The maximum atomic E-state index is 12.1. The summed E-state index contributed by atoms with van der Waals surface area (Å²) >= 11 is 0. The molecule has 104 valence electrons. The fourth-order valence-electron chi connectivity index (χ4n) is 1.57. The van der Waals surface area contributed by atoms with Gasteiger partial charge in [-0.15, -0.1) is 0 Å². The summed E-state index contributed by atoms with van der Waals surface area (Å²) in [6.45, 7) is 2.17. The van der Waals surface area contributed by atoms with Gasteiger partial charge in [-0.25, -0.2) is 9.59 Å². The van der Waals surface area contributed by atoms with Crippen LogP contribution in [0, 0.1) is 0 Å². The predicted octanol–water partition coefficient (Wildman–Crippen LogP) is 3.51. The molecule has 0 aliphatic rings. The number of unbranched alkanes of at least 4 members (excludes halogenated alkanes) is 4. The highest BCUT2D eigenvalue weighted by Crippen LogP contribution is 2.11. The van der Waals surface area contributed by atoms with Gasteiger partial charge in [0, 0.05) is 0 Å². The van der Waals surface area contributed by atoms with E-state index in [0.717, 1.165) is 25.7 Å². The van der Waals surface area contributed by atoms with Gasteiger partial charge in [0.2, 0.25) is 0 Å². The molecule has 1 N–H and O–H groups in total. The highest BCUT2D eigenvalue weighted by molar-refractivity contribution is 6.02. The van der Waals surface area contributed by atoms with Gasteiger partial charge in [-0.2, -0.15) is 0 Å². The van der Waals surface area contributed by atoms with Crippen molar-refractivity contribution in [2.24, 2.45) is 0 Å². The van der Waals surface area contributed by atoms with E-state index in [1.54, 1.807) is 0 Å². The molecular formula is C15H20O4. The third-order valence-electron chi connectivity index (χ3n) is 2.59. The normalized spacial score (nSPS) is 13.1. The van der Waals surface area contributed by atoms with E-state index in [1.807, 2.05) is 0 Å². The minimum absolute atomic E-state index is 0.0876. The number of rotatable bonds is 8. The zero-order chi connectivity index (χ0) is 17.6. The number of ether oxygens (including phenoxy) is 1. The topological polar surface area (TPSA) is 63.6 Å². The molecule has 0 saturated carbocycles. The van der Waals surface area contributed by atoms with Crippen LogP contribution >= 0.6 is 0 Å². The fourth-order valence-corrected chi connectivity index (χ4v) is 1.57. The first-order valence-corrected chi connectivity index (χ1v) is 6.33. The van der Waals surface area contributed by atoms with Crippen LogP contribution < -0.4 is 0 Å². The van der Waals surface area contributed by atoms with Crippen molar-refractivity contribution in [3.8, 4) is 0 Å². The summed E-state index contributed by atoms with van der Waals surface area (Å²) in [5.74, 6) is -2.63. The van der Waals surface area contributed by atoms with Crippen molar-refractivity contribution in [3.05, 3.63) is 35.3 Å². The van der Waals surface area contributed by atoms with E-state index in [2.05, 4.69) is 6.92 Å². The van der Waals surface area contributed by atoms with Crippen molar-refractivity contribution in [3.63, 3.8) is 0 Å². The molecule has 0 aliphatic carbocycles. The lowest BCUT2D eigenvalue weighted by molar-refractivity contribution is 0.0487. The van der Waals surface area contributed by atoms with E-state index in [0.29, 0.717) is 6.42 Å². The van der Waals surface area contributed by atoms with Crippen LogP contribution in [0.1, 0.15) is 65.2 Å². The summed E-state index contributed by atoms with van der Waals surface area (Å²) in [6.07, 6.45) is 4.68. The second kappa shape index (κ2) is 8.29. The summed E-state index contributed by atoms with van der Waals surface area (Å²) in [5, 5.41) is 9.15. The third kappa shape index (κ3) is 5.12. The second-order valence-corrected chi connectivity index (χ2v) is 4.11. The Morgan fingerprint density at radius 3 is 2.42 bits per heavy atom. The number of aromatic carboxylic acids is 1. The Labute approximate surface area is 119 Å². The first-order valence-electron chi connectivity index (χ1n) is 8.33. The molecule has 1 aromatic rings. The average molecular weight is 268 g/mol. The number of hydrogen-bond donors (Lipinski definition) is 1. The molecule has 0 bridgehead atoms. The molecular weight excluding hydrogens is 244 g/mol. The predicted molar refractivity (Wildman–Crippen MR) is 72.4 cm³/mol. The quantitative estimate of drug-likeness (QED) is 0.579. The Morgan fingerprint density at radius 1 is 1.16 bits per heavy atom. The number of benzene rings is 1. The average Bonchev–Trinajstić information content (AvgIpc) is 2.51. The summed E-state index contributed by atoms with van der Waals surface area (Å²) in [5.41, 5.74) is -1.39. The molecule has 0 aromatic heterocycles. The molecule has 4 heteroatoms. The van der Waals surface area contributed by atoms with Crippen molar-refractivity contribution in [2.45, 2.75) is 39.0 Å². The Kier molecular flexibility index (Phi) is 4.37. The molecule has 0 saturated heterocycles. The maximum absolute atomic E-state index is 12.1. The minimum Gasteiger partial charge on any atom is -0.478 e. The summed E-state index contributed by atoms with van der Waals surface area (Å²) < 4.78 is 35.3. The zero-order valence-corrected chi connectivity index (χ0v) is 10.9. The number of carbonyl (C=O) groups is 2. The van der Waals surface area contributed by atoms with Crippen LogP contribution in [-0.2, 0) is 4.74 Å². The molecule has 0 fully saturated rings. The Hall–Kier alpha value is -1.84. The van der Waals surface area contributed by atoms with Gasteiger partial charge in [0.15, 0.2) is 0 Å². The smallest absolute Gasteiger partial charge is 0.339 e. The molecule has 0 atom stereocenters. The van der Waals surface area contributed by atoms with Gasteiger partial charge in [-0.05, 0) is 18.5 Å². The van der Waals surface area contributed by atoms with Crippen LogP contribution in [0.3, 0.4) is 0 Å². The highest BCUT2D eigenvalue weighted by atomic mass is 16.5. The van der Waals surface area contributed by atoms with Gasteiger partial charge in [0.05, 0.1) is 23.2 Å². The van der Waals surface area contributed by atoms with Crippen molar-refractivity contribution in [2.75, 3.05) is 6.61 Å². The monoisotopic (exact) mass is 268 g/mol. The number of carboxylic acids is 1. The van der Waals surface area contributed by atoms with Crippen LogP contribution in [0.5, 0.6) is 0 Å². The largest absolute Gasteiger partial charge is 0.478 e. The molecule has 19 heavy (non-hydrogen) atoms. The van der Waals surface area contributed by atoms with Gasteiger partial charge in [-0.3, -0.25) is 0 Å². The van der Waals surface area contributed by atoms with Gasteiger partial charge < -0.3 is 9.84 Å². The zero-order valence-electron chi connectivity index (χ0n) is 14.9. The maximum Gasteiger partial charge on any atom is 0.339 e. The van der Waals surface area contributed by atoms with Crippen molar-refractivity contribution < 1.29 is 24.9 Å². The Morgan fingerprint density at radius 2 is 1.79 bits per heavy atom. The number of hydrogen-bond acceptors (Lipinski definition) is 3. The first kappa shape index (κ1) is 10.0. The van der Waals surface area contributed by atoms with E-state index in [-0.39, 0.29) is 6.61 Å².